The van der Waals surface area contributed by atoms with Crippen molar-refractivity contribution in [2.75, 3.05) is 13.2 Å². The van der Waals surface area contributed by atoms with Crippen molar-refractivity contribution in [1.82, 2.24) is 10.2 Å². The summed E-state index contributed by atoms with van der Waals surface area (Å²) < 4.78 is 13.5. The molecule has 2 rings (SSSR count). The zero-order chi connectivity index (χ0) is 15.6. The maximum absolute atomic E-state index is 13.5. The second-order valence-electron chi connectivity index (χ2n) is 6.25. The number of hydrogen-bond acceptors (Lipinski definition) is 2. The highest BCUT2D eigenvalue weighted by Crippen LogP contribution is 2.58. The van der Waals surface area contributed by atoms with E-state index < -0.39 is 5.13 Å². The summed E-state index contributed by atoms with van der Waals surface area (Å²) in [6.07, 6.45) is 5.62. The van der Waals surface area contributed by atoms with Crippen molar-refractivity contribution in [2.45, 2.75) is 50.7 Å². The Labute approximate surface area is 131 Å². The van der Waals surface area contributed by atoms with E-state index in [0.29, 0.717) is 24.7 Å². The first-order valence-electron chi connectivity index (χ1n) is 7.58. The molecule has 1 amide bonds. The largest absolute Gasteiger partial charge is 0.340 e. The van der Waals surface area contributed by atoms with Crippen molar-refractivity contribution in [3.8, 4) is 0 Å². The van der Waals surface area contributed by atoms with E-state index in [-0.39, 0.29) is 11.8 Å². The quantitative estimate of drug-likeness (QED) is 0.479. The van der Waals surface area contributed by atoms with E-state index >= 15 is 0 Å². The Hall–Kier alpha value is -0.870. The van der Waals surface area contributed by atoms with Crippen molar-refractivity contribution in [1.29, 1.82) is 0 Å². The molecular weight excluding hydrogens is 291 g/mol. The molecule has 0 aromatic rings. The normalized spacial score (nSPS) is 33.9. The van der Waals surface area contributed by atoms with E-state index in [2.05, 4.69) is 23.7 Å². The van der Waals surface area contributed by atoms with Crippen LogP contribution in [-0.4, -0.2) is 35.2 Å². The topological polar surface area (TPSA) is 32.3 Å². The number of halogens is 2. The number of nitrogens with zero attached hydrogens (tertiary/aromatic N) is 1. The van der Waals surface area contributed by atoms with Crippen LogP contribution in [0.15, 0.2) is 23.8 Å². The standard InChI is InChI=1S/C16H24ClFN2O/c1-11(8-14-13(3)16(14,17)18)9-15(21)19-10-20-7-5-4-6-12(20)2/h9,12,14H,3-8,10H2,1-2H3,(H,19,21). The number of carbonyl (C=O) groups excluding carboxylic acids is 1. The van der Waals surface area contributed by atoms with Crippen molar-refractivity contribution >= 4 is 17.5 Å². The van der Waals surface area contributed by atoms with Gasteiger partial charge in [-0.3, -0.25) is 9.69 Å². The second-order valence-corrected chi connectivity index (χ2v) is 6.80. The number of carbonyl (C=O) groups is 1. The van der Waals surface area contributed by atoms with Crippen LogP contribution < -0.4 is 5.32 Å². The van der Waals surface area contributed by atoms with Gasteiger partial charge in [-0.1, -0.05) is 30.2 Å². The number of nitrogens with one attached hydrogen (secondary N) is 1. The molecule has 2 aliphatic rings. The highest BCUT2D eigenvalue weighted by molar-refractivity contribution is 6.28. The highest BCUT2D eigenvalue weighted by atomic mass is 35.5. The van der Waals surface area contributed by atoms with E-state index in [9.17, 15) is 9.18 Å². The minimum Gasteiger partial charge on any atom is -0.340 e. The molecule has 1 aliphatic heterocycles. The molecule has 0 aromatic carbocycles. The number of alkyl halides is 2. The van der Waals surface area contributed by atoms with E-state index in [1.807, 2.05) is 6.92 Å². The molecule has 3 unspecified atom stereocenters. The monoisotopic (exact) mass is 314 g/mol. The summed E-state index contributed by atoms with van der Waals surface area (Å²) in [7, 11) is 0. The lowest BCUT2D eigenvalue weighted by Crippen LogP contribution is -2.44. The first-order chi connectivity index (χ1) is 9.82. The van der Waals surface area contributed by atoms with E-state index in [1.54, 1.807) is 0 Å². The average Bonchev–Trinajstić information content (AvgIpc) is 2.87. The lowest BCUT2D eigenvalue weighted by Gasteiger charge is -2.33. The Balaban J connectivity index is 1.75. The van der Waals surface area contributed by atoms with Gasteiger partial charge in [0.05, 0.1) is 6.67 Å². The SMILES string of the molecule is C=C1C(CC(C)=CC(=O)NCN2CCCCC2C)C1(F)Cl. The summed E-state index contributed by atoms with van der Waals surface area (Å²) in [4.78, 5) is 14.2. The van der Waals surface area contributed by atoms with Gasteiger partial charge in [-0.2, -0.15) is 0 Å². The Kier molecular flexibility index (Phi) is 5.10. The highest BCUT2D eigenvalue weighted by Gasteiger charge is 2.58. The second kappa shape index (κ2) is 6.49. The van der Waals surface area contributed by atoms with Crippen LogP contribution in [0.3, 0.4) is 0 Å². The molecule has 2 fully saturated rings. The molecule has 3 atom stereocenters. The van der Waals surface area contributed by atoms with Gasteiger partial charge >= 0.3 is 0 Å². The number of allylic oxidation sites excluding steroid dienone is 2. The van der Waals surface area contributed by atoms with Gasteiger partial charge in [0.2, 0.25) is 11.0 Å². The molecule has 0 spiro atoms. The summed E-state index contributed by atoms with van der Waals surface area (Å²) >= 11 is 5.62. The number of piperidine rings is 1. The minimum atomic E-state index is -1.77. The maximum Gasteiger partial charge on any atom is 0.244 e. The fourth-order valence-electron chi connectivity index (χ4n) is 2.87. The molecule has 1 saturated carbocycles. The van der Waals surface area contributed by atoms with Crippen LogP contribution in [0.5, 0.6) is 0 Å². The molecule has 1 saturated heterocycles. The molecule has 0 aromatic heterocycles. The van der Waals surface area contributed by atoms with Crippen molar-refractivity contribution in [3.05, 3.63) is 23.8 Å². The van der Waals surface area contributed by atoms with Gasteiger partial charge in [-0.25, -0.2) is 4.39 Å². The zero-order valence-corrected chi connectivity index (χ0v) is 13.5. The third kappa shape index (κ3) is 4.07. The van der Waals surface area contributed by atoms with Crippen LogP contribution in [0, 0.1) is 5.92 Å². The molecule has 0 bridgehead atoms. The number of likely N-dealkylation sites (tertiary alicyclic amines) is 1. The summed E-state index contributed by atoms with van der Waals surface area (Å²) in [5, 5.41) is 1.13. The lowest BCUT2D eigenvalue weighted by atomic mass is 10.0. The lowest BCUT2D eigenvalue weighted by molar-refractivity contribution is -0.117. The van der Waals surface area contributed by atoms with Crippen LogP contribution in [-0.2, 0) is 4.79 Å². The number of amides is 1. The van der Waals surface area contributed by atoms with Gasteiger partial charge in [0.25, 0.3) is 0 Å². The fraction of sp³-hybridized carbons (Fsp3) is 0.688. The van der Waals surface area contributed by atoms with Crippen LogP contribution in [0.4, 0.5) is 4.39 Å². The Morgan fingerprint density at radius 1 is 1.62 bits per heavy atom. The smallest absolute Gasteiger partial charge is 0.244 e. The first-order valence-corrected chi connectivity index (χ1v) is 7.96. The maximum atomic E-state index is 13.5. The predicted molar refractivity (Wildman–Crippen MR) is 83.7 cm³/mol. The summed E-state index contributed by atoms with van der Waals surface area (Å²) in [6, 6.07) is 0.516. The molecular formula is C16H24ClFN2O. The summed E-state index contributed by atoms with van der Waals surface area (Å²) in [6.45, 7) is 9.21. The van der Waals surface area contributed by atoms with Crippen molar-refractivity contribution in [2.24, 2.45) is 5.92 Å². The first kappa shape index (κ1) is 16.5. The average molecular weight is 315 g/mol. The molecule has 1 heterocycles. The van der Waals surface area contributed by atoms with E-state index in [4.69, 9.17) is 11.6 Å². The van der Waals surface area contributed by atoms with E-state index in [1.165, 1.54) is 25.3 Å². The molecule has 0 radical (unpaired) electrons. The van der Waals surface area contributed by atoms with Crippen LogP contribution in [0.1, 0.15) is 39.5 Å². The molecule has 118 valence electrons. The zero-order valence-electron chi connectivity index (χ0n) is 12.8. The Bertz CT molecular complexity index is 461. The molecule has 1 aliphatic carbocycles. The van der Waals surface area contributed by atoms with Crippen molar-refractivity contribution in [3.63, 3.8) is 0 Å². The van der Waals surface area contributed by atoms with Gasteiger partial charge in [0.1, 0.15) is 0 Å². The Morgan fingerprint density at radius 3 is 2.86 bits per heavy atom. The molecule has 3 nitrogen and oxygen atoms in total. The van der Waals surface area contributed by atoms with Crippen LogP contribution in [0.2, 0.25) is 0 Å². The number of hydrogen-bond donors (Lipinski definition) is 1. The third-order valence-electron chi connectivity index (χ3n) is 4.50. The van der Waals surface area contributed by atoms with Crippen LogP contribution >= 0.6 is 11.6 Å². The van der Waals surface area contributed by atoms with Gasteiger partial charge < -0.3 is 5.32 Å². The summed E-state index contributed by atoms with van der Waals surface area (Å²) in [5.41, 5.74) is 1.24. The van der Waals surface area contributed by atoms with Gasteiger partial charge in [0, 0.05) is 24.6 Å². The van der Waals surface area contributed by atoms with E-state index in [0.717, 1.165) is 12.1 Å². The molecule has 5 heteroatoms. The Morgan fingerprint density at radius 2 is 2.29 bits per heavy atom. The van der Waals surface area contributed by atoms with Gasteiger partial charge in [-0.15, -0.1) is 0 Å². The van der Waals surface area contributed by atoms with Gasteiger partial charge in [0.15, 0.2) is 0 Å². The minimum absolute atomic E-state index is 0.129. The van der Waals surface area contributed by atoms with Gasteiger partial charge in [-0.05, 0) is 38.7 Å². The molecule has 21 heavy (non-hydrogen) atoms. The van der Waals surface area contributed by atoms with Crippen LogP contribution in [0.25, 0.3) is 0 Å². The third-order valence-corrected chi connectivity index (χ3v) is 5.01. The molecule has 1 N–H and O–H groups in total. The fourth-order valence-corrected chi connectivity index (χ4v) is 3.16. The van der Waals surface area contributed by atoms with Crippen molar-refractivity contribution < 1.29 is 9.18 Å². The summed E-state index contributed by atoms with van der Waals surface area (Å²) in [5.74, 6) is -0.485. The predicted octanol–water partition coefficient (Wildman–Crippen LogP) is 3.36. The number of rotatable bonds is 5.